The minimum Gasteiger partial charge on any atom is -0.327 e. The molecule has 0 spiro atoms. The Morgan fingerprint density at radius 1 is 1.30 bits per heavy atom. The normalized spacial score (nSPS) is 16.4. The first-order valence-corrected chi connectivity index (χ1v) is 7.46. The van der Waals surface area contributed by atoms with Gasteiger partial charge >= 0.3 is 0 Å². The summed E-state index contributed by atoms with van der Waals surface area (Å²) in [6.07, 6.45) is 2.23. The van der Waals surface area contributed by atoms with Gasteiger partial charge in [0.1, 0.15) is 0 Å². The summed E-state index contributed by atoms with van der Waals surface area (Å²) in [5, 5.41) is 2.72. The second kappa shape index (κ2) is 6.86. The highest BCUT2D eigenvalue weighted by molar-refractivity contribution is 7.15. The summed E-state index contributed by atoms with van der Waals surface area (Å²) < 4.78 is 39.6. The van der Waals surface area contributed by atoms with Gasteiger partial charge in [-0.3, -0.25) is 10.1 Å². The molecule has 0 saturated carbocycles. The number of thiazole rings is 1. The number of rotatable bonds is 2. The summed E-state index contributed by atoms with van der Waals surface area (Å²) in [7, 11) is 0. The molecular formula is C14H13ClF3N3OS. The molecule has 9 heteroatoms. The van der Waals surface area contributed by atoms with Crippen molar-refractivity contribution in [2.24, 2.45) is 5.73 Å². The highest BCUT2D eigenvalue weighted by Gasteiger charge is 2.23. The number of nitrogens with two attached hydrogens (primary N) is 1. The molecule has 1 aliphatic carbocycles. The van der Waals surface area contributed by atoms with Crippen molar-refractivity contribution in [1.29, 1.82) is 0 Å². The van der Waals surface area contributed by atoms with Gasteiger partial charge in [-0.2, -0.15) is 0 Å². The van der Waals surface area contributed by atoms with Crippen LogP contribution in [0, 0.1) is 17.5 Å². The number of benzene rings is 1. The molecule has 23 heavy (non-hydrogen) atoms. The number of hydrogen-bond donors (Lipinski definition) is 2. The molecule has 0 radical (unpaired) electrons. The van der Waals surface area contributed by atoms with Crippen molar-refractivity contribution in [1.82, 2.24) is 4.98 Å². The number of carbonyl (C=O) groups excluding carboxylic acids is 1. The van der Waals surface area contributed by atoms with E-state index in [-0.39, 0.29) is 18.4 Å². The molecule has 1 atom stereocenters. The Bertz CT molecular complexity index is 753. The van der Waals surface area contributed by atoms with Gasteiger partial charge in [0.15, 0.2) is 22.6 Å². The van der Waals surface area contributed by atoms with Crippen LogP contribution in [0.3, 0.4) is 0 Å². The molecule has 0 bridgehead atoms. The number of nitrogens with one attached hydrogen (secondary N) is 1. The predicted molar refractivity (Wildman–Crippen MR) is 83.6 cm³/mol. The molecule has 1 amide bonds. The maximum Gasteiger partial charge on any atom is 0.260 e. The fourth-order valence-corrected chi connectivity index (χ4v) is 3.42. The number of halogens is 4. The van der Waals surface area contributed by atoms with Crippen LogP contribution in [0.2, 0.25) is 0 Å². The third kappa shape index (κ3) is 3.49. The van der Waals surface area contributed by atoms with Crippen LogP contribution in [0.25, 0.3) is 0 Å². The fraction of sp³-hybridized carbons (Fsp3) is 0.286. The SMILES string of the molecule is Cl.N[C@H]1CCc2nc(NC(=O)c3ccc(F)c(F)c3F)sc2C1. The van der Waals surface area contributed by atoms with Crippen molar-refractivity contribution in [3.8, 4) is 0 Å². The van der Waals surface area contributed by atoms with Gasteiger partial charge in [-0.1, -0.05) is 0 Å². The molecule has 3 rings (SSSR count). The average molecular weight is 364 g/mol. The number of fused-ring (bicyclic) bond motifs is 1. The van der Waals surface area contributed by atoms with Gasteiger partial charge < -0.3 is 5.73 Å². The number of carbonyl (C=O) groups is 1. The van der Waals surface area contributed by atoms with Gasteiger partial charge in [0.25, 0.3) is 5.91 Å². The van der Waals surface area contributed by atoms with E-state index in [4.69, 9.17) is 5.73 Å². The molecule has 1 aromatic heterocycles. The van der Waals surface area contributed by atoms with E-state index in [1.807, 2.05) is 0 Å². The van der Waals surface area contributed by atoms with E-state index in [2.05, 4.69) is 10.3 Å². The van der Waals surface area contributed by atoms with E-state index in [1.165, 1.54) is 11.3 Å². The minimum atomic E-state index is -1.67. The van der Waals surface area contributed by atoms with Crippen molar-refractivity contribution < 1.29 is 18.0 Å². The van der Waals surface area contributed by atoms with Crippen LogP contribution in [0.1, 0.15) is 27.3 Å². The van der Waals surface area contributed by atoms with Gasteiger partial charge in [0, 0.05) is 10.9 Å². The Labute approximate surface area is 140 Å². The van der Waals surface area contributed by atoms with Gasteiger partial charge in [0.05, 0.1) is 11.3 Å². The monoisotopic (exact) mass is 363 g/mol. The van der Waals surface area contributed by atoms with Crippen LogP contribution >= 0.6 is 23.7 Å². The molecule has 0 unspecified atom stereocenters. The van der Waals surface area contributed by atoms with Crippen molar-refractivity contribution in [3.05, 3.63) is 45.7 Å². The molecule has 2 aromatic rings. The van der Waals surface area contributed by atoms with E-state index in [1.54, 1.807) is 0 Å². The van der Waals surface area contributed by atoms with Crippen molar-refractivity contribution in [3.63, 3.8) is 0 Å². The Kier molecular flexibility index (Phi) is 5.28. The first kappa shape index (κ1) is 17.7. The zero-order chi connectivity index (χ0) is 15.9. The Morgan fingerprint density at radius 2 is 2.04 bits per heavy atom. The zero-order valence-electron chi connectivity index (χ0n) is 11.7. The lowest BCUT2D eigenvalue weighted by molar-refractivity contribution is 0.102. The molecule has 0 fully saturated rings. The van der Waals surface area contributed by atoms with Crippen LogP contribution in [0.5, 0.6) is 0 Å². The average Bonchev–Trinajstić information content (AvgIpc) is 2.86. The standard InChI is InChI=1S/C14H12F3N3OS.ClH/c15-8-3-2-7(11(16)12(8)17)13(21)20-14-19-9-4-1-6(18)5-10(9)22-14;/h2-3,6H,1,4-5,18H2,(H,19,20,21);1H/t6-;/m0./s1. The maximum absolute atomic E-state index is 13.6. The van der Waals surface area contributed by atoms with Crippen LogP contribution in [-0.4, -0.2) is 16.9 Å². The molecular weight excluding hydrogens is 351 g/mol. The van der Waals surface area contributed by atoms with E-state index >= 15 is 0 Å². The fourth-order valence-electron chi connectivity index (χ4n) is 2.32. The summed E-state index contributed by atoms with van der Waals surface area (Å²) in [5.41, 5.74) is 6.17. The lowest BCUT2D eigenvalue weighted by Gasteiger charge is -2.15. The van der Waals surface area contributed by atoms with Crippen molar-refractivity contribution >= 4 is 34.8 Å². The van der Waals surface area contributed by atoms with E-state index in [9.17, 15) is 18.0 Å². The number of hydrogen-bond acceptors (Lipinski definition) is 4. The quantitative estimate of drug-likeness (QED) is 0.806. The molecule has 3 N–H and O–H groups in total. The third-order valence-electron chi connectivity index (χ3n) is 3.48. The van der Waals surface area contributed by atoms with Crippen LogP contribution in [0.4, 0.5) is 18.3 Å². The van der Waals surface area contributed by atoms with Gasteiger partial charge in [-0.15, -0.1) is 23.7 Å². The molecule has 1 aliphatic rings. The molecule has 4 nitrogen and oxygen atoms in total. The largest absolute Gasteiger partial charge is 0.327 e. The second-order valence-electron chi connectivity index (χ2n) is 5.07. The number of amides is 1. The highest BCUT2D eigenvalue weighted by Crippen LogP contribution is 2.29. The van der Waals surface area contributed by atoms with E-state index in [0.29, 0.717) is 17.6 Å². The molecule has 0 saturated heterocycles. The minimum absolute atomic E-state index is 0. The van der Waals surface area contributed by atoms with E-state index < -0.39 is 28.9 Å². The summed E-state index contributed by atoms with van der Waals surface area (Å²) in [6, 6.07) is 1.67. The van der Waals surface area contributed by atoms with Crippen molar-refractivity contribution in [2.75, 3.05) is 5.32 Å². The van der Waals surface area contributed by atoms with Crippen LogP contribution < -0.4 is 11.1 Å². The van der Waals surface area contributed by atoms with Crippen molar-refractivity contribution in [2.45, 2.75) is 25.3 Å². The van der Waals surface area contributed by atoms with E-state index in [0.717, 1.165) is 29.5 Å². The maximum atomic E-state index is 13.6. The Hall–Kier alpha value is -1.64. The number of nitrogens with zero attached hydrogens (tertiary/aromatic N) is 1. The topological polar surface area (TPSA) is 68.0 Å². The van der Waals surface area contributed by atoms with Crippen LogP contribution in [0.15, 0.2) is 12.1 Å². The lowest BCUT2D eigenvalue weighted by Crippen LogP contribution is -2.27. The summed E-state index contributed by atoms with van der Waals surface area (Å²) in [4.78, 5) is 17.2. The molecule has 124 valence electrons. The first-order valence-electron chi connectivity index (χ1n) is 6.64. The number of aryl methyl sites for hydroxylation is 1. The van der Waals surface area contributed by atoms with Gasteiger partial charge in [-0.25, -0.2) is 18.2 Å². The first-order chi connectivity index (χ1) is 10.5. The summed E-state index contributed by atoms with van der Waals surface area (Å²) in [6.45, 7) is 0. The second-order valence-corrected chi connectivity index (χ2v) is 6.15. The summed E-state index contributed by atoms with van der Waals surface area (Å²) >= 11 is 1.26. The lowest BCUT2D eigenvalue weighted by atomic mass is 9.99. The molecule has 1 heterocycles. The smallest absolute Gasteiger partial charge is 0.260 e. The third-order valence-corrected chi connectivity index (χ3v) is 4.51. The molecule has 1 aromatic carbocycles. The highest BCUT2D eigenvalue weighted by atomic mass is 35.5. The Morgan fingerprint density at radius 3 is 2.78 bits per heavy atom. The Balaban J connectivity index is 0.00000192. The van der Waals surface area contributed by atoms with Gasteiger partial charge in [0.2, 0.25) is 0 Å². The zero-order valence-corrected chi connectivity index (χ0v) is 13.4. The number of aromatic nitrogens is 1. The van der Waals surface area contributed by atoms with Crippen LogP contribution in [-0.2, 0) is 12.8 Å². The van der Waals surface area contributed by atoms with Gasteiger partial charge in [-0.05, 0) is 31.4 Å². The predicted octanol–water partition coefficient (Wildman–Crippen LogP) is 3.05. The molecule has 0 aliphatic heterocycles. The number of anilines is 1. The summed E-state index contributed by atoms with van der Waals surface area (Å²) in [5.74, 6) is -5.39.